The first-order valence-electron chi connectivity index (χ1n) is 10.9. The topological polar surface area (TPSA) is 68.2 Å². The van der Waals surface area contributed by atoms with E-state index >= 15 is 0 Å². The van der Waals surface area contributed by atoms with E-state index in [2.05, 4.69) is 41.4 Å². The molecule has 0 saturated carbocycles. The molecule has 0 bridgehead atoms. The number of nitrogens with one attached hydrogen (secondary N) is 1. The summed E-state index contributed by atoms with van der Waals surface area (Å²) in [5, 5.41) is 13.1. The fourth-order valence-electron chi connectivity index (χ4n) is 4.41. The number of hydrogen-bond acceptors (Lipinski definition) is 3. The van der Waals surface area contributed by atoms with Gasteiger partial charge in [-0.25, -0.2) is 4.99 Å². The van der Waals surface area contributed by atoms with E-state index in [4.69, 9.17) is 4.99 Å². The lowest BCUT2D eigenvalue weighted by atomic mass is 9.98. The number of carbonyl (C=O) groups excluding carboxylic acids is 1. The smallest absolute Gasteiger partial charge is 0.222 e. The van der Waals surface area contributed by atoms with Crippen molar-refractivity contribution in [1.82, 2.24) is 10.2 Å². The van der Waals surface area contributed by atoms with Gasteiger partial charge in [0.05, 0.1) is 6.54 Å². The first-order chi connectivity index (χ1) is 14.7. The van der Waals surface area contributed by atoms with Gasteiger partial charge in [-0.15, -0.1) is 0 Å². The largest absolute Gasteiger partial charge is 0.508 e. The number of anilines is 1. The van der Waals surface area contributed by atoms with E-state index in [0.717, 1.165) is 50.5 Å². The van der Waals surface area contributed by atoms with E-state index in [1.54, 1.807) is 12.1 Å². The molecule has 0 radical (unpaired) electrons. The maximum atomic E-state index is 12.0. The summed E-state index contributed by atoms with van der Waals surface area (Å²) in [6, 6.07) is 15.7. The van der Waals surface area contributed by atoms with Crippen molar-refractivity contribution in [3.8, 4) is 5.75 Å². The van der Waals surface area contributed by atoms with E-state index < -0.39 is 0 Å². The summed E-state index contributed by atoms with van der Waals surface area (Å²) in [5.74, 6) is 1.78. The molecule has 2 heterocycles. The molecule has 6 nitrogen and oxygen atoms in total. The Balaban J connectivity index is 1.52. The van der Waals surface area contributed by atoms with Crippen LogP contribution in [0.25, 0.3) is 0 Å². The predicted octanol–water partition coefficient (Wildman–Crippen LogP) is 3.47. The van der Waals surface area contributed by atoms with Gasteiger partial charge >= 0.3 is 0 Å². The number of phenolic OH excluding ortho intramolecular Hbond substituents is 1. The van der Waals surface area contributed by atoms with Crippen LogP contribution in [0.15, 0.2) is 53.5 Å². The van der Waals surface area contributed by atoms with Crippen LogP contribution in [0.5, 0.6) is 5.75 Å². The van der Waals surface area contributed by atoms with Crippen LogP contribution in [0.1, 0.15) is 43.2 Å². The molecule has 2 aliphatic heterocycles. The number of benzene rings is 2. The van der Waals surface area contributed by atoms with Gasteiger partial charge in [-0.2, -0.15) is 0 Å². The molecule has 30 heavy (non-hydrogen) atoms. The summed E-state index contributed by atoms with van der Waals surface area (Å²) < 4.78 is 0. The molecule has 1 atom stereocenters. The fourth-order valence-corrected chi connectivity index (χ4v) is 4.41. The standard InChI is InChI=1S/C24H30N4O2/c1-2-25-24(26-16-18-7-5-8-20(29)15-18)28-17-19(21-9-3-4-10-22(21)28)12-14-27-13-6-11-23(27)30/h3-5,7-10,15,19,29H,2,6,11-14,16-17H2,1H3,(H,25,26). The van der Waals surface area contributed by atoms with Gasteiger partial charge in [0, 0.05) is 44.2 Å². The Morgan fingerprint density at radius 3 is 2.87 bits per heavy atom. The Morgan fingerprint density at radius 1 is 1.23 bits per heavy atom. The lowest BCUT2D eigenvalue weighted by Crippen LogP contribution is -2.41. The number of aliphatic imine (C=N–C) groups is 1. The highest BCUT2D eigenvalue weighted by atomic mass is 16.3. The van der Waals surface area contributed by atoms with E-state index in [0.29, 0.717) is 24.8 Å². The molecular formula is C24H30N4O2. The minimum absolute atomic E-state index is 0.260. The average molecular weight is 407 g/mol. The van der Waals surface area contributed by atoms with Crippen molar-refractivity contribution in [3.63, 3.8) is 0 Å². The van der Waals surface area contributed by atoms with Gasteiger partial charge in [0.2, 0.25) is 5.91 Å². The fraction of sp³-hybridized carbons (Fsp3) is 0.417. The molecule has 158 valence electrons. The van der Waals surface area contributed by atoms with Gasteiger partial charge in [-0.3, -0.25) is 4.79 Å². The second kappa shape index (κ2) is 9.20. The highest BCUT2D eigenvalue weighted by Crippen LogP contribution is 2.38. The Morgan fingerprint density at radius 2 is 2.10 bits per heavy atom. The molecule has 1 fully saturated rings. The predicted molar refractivity (Wildman–Crippen MR) is 120 cm³/mol. The van der Waals surface area contributed by atoms with E-state index in [-0.39, 0.29) is 5.75 Å². The van der Waals surface area contributed by atoms with Crippen molar-refractivity contribution >= 4 is 17.6 Å². The van der Waals surface area contributed by atoms with Crippen molar-refractivity contribution < 1.29 is 9.90 Å². The first kappa shape index (κ1) is 20.3. The Hall–Kier alpha value is -3.02. The molecule has 2 N–H and O–H groups in total. The summed E-state index contributed by atoms with van der Waals surface area (Å²) in [6.45, 7) is 5.93. The molecule has 4 rings (SSSR count). The number of para-hydroxylation sites is 1. The number of rotatable bonds is 6. The molecule has 1 unspecified atom stereocenters. The van der Waals surface area contributed by atoms with E-state index in [9.17, 15) is 9.90 Å². The first-order valence-corrected chi connectivity index (χ1v) is 10.9. The minimum atomic E-state index is 0.260. The van der Waals surface area contributed by atoms with Gasteiger partial charge in [0.15, 0.2) is 5.96 Å². The summed E-state index contributed by atoms with van der Waals surface area (Å²) in [6.07, 6.45) is 2.64. The van der Waals surface area contributed by atoms with Gasteiger partial charge in [-0.1, -0.05) is 30.3 Å². The van der Waals surface area contributed by atoms with Crippen molar-refractivity contribution in [1.29, 1.82) is 0 Å². The molecule has 2 aromatic carbocycles. The molecule has 2 aromatic rings. The van der Waals surface area contributed by atoms with Crippen molar-refractivity contribution in [2.75, 3.05) is 31.1 Å². The number of amides is 1. The zero-order valence-electron chi connectivity index (χ0n) is 17.6. The summed E-state index contributed by atoms with van der Waals surface area (Å²) in [5.41, 5.74) is 3.49. The van der Waals surface area contributed by atoms with Crippen molar-refractivity contribution in [2.24, 2.45) is 4.99 Å². The average Bonchev–Trinajstić information content (AvgIpc) is 3.33. The van der Waals surface area contributed by atoms with Crippen LogP contribution in [0.3, 0.4) is 0 Å². The van der Waals surface area contributed by atoms with Gasteiger partial charge in [0.1, 0.15) is 5.75 Å². The number of fused-ring (bicyclic) bond motifs is 1. The van der Waals surface area contributed by atoms with Gasteiger partial charge in [0.25, 0.3) is 0 Å². The highest BCUT2D eigenvalue weighted by molar-refractivity contribution is 5.98. The van der Waals surface area contributed by atoms with Crippen LogP contribution in [0.2, 0.25) is 0 Å². The molecule has 0 aromatic heterocycles. The van der Waals surface area contributed by atoms with Crippen LogP contribution in [0, 0.1) is 0 Å². The Kier molecular flexibility index (Phi) is 6.21. The van der Waals surface area contributed by atoms with Crippen LogP contribution in [-0.2, 0) is 11.3 Å². The number of carbonyl (C=O) groups is 1. The maximum Gasteiger partial charge on any atom is 0.222 e. The number of guanidine groups is 1. The normalized spacial score (nSPS) is 18.8. The number of phenols is 1. The van der Waals surface area contributed by atoms with Crippen LogP contribution in [-0.4, -0.2) is 48.1 Å². The summed E-state index contributed by atoms with van der Waals surface area (Å²) in [4.78, 5) is 21.1. The van der Waals surface area contributed by atoms with E-state index in [1.807, 2.05) is 17.0 Å². The molecule has 1 amide bonds. The lowest BCUT2D eigenvalue weighted by Gasteiger charge is -2.23. The summed E-state index contributed by atoms with van der Waals surface area (Å²) in [7, 11) is 0. The van der Waals surface area contributed by atoms with Gasteiger partial charge in [-0.05, 0) is 49.1 Å². The lowest BCUT2D eigenvalue weighted by molar-refractivity contribution is -0.127. The van der Waals surface area contributed by atoms with Gasteiger partial charge < -0.3 is 20.2 Å². The third-order valence-electron chi connectivity index (χ3n) is 5.90. The molecule has 6 heteroatoms. The highest BCUT2D eigenvalue weighted by Gasteiger charge is 2.32. The number of likely N-dealkylation sites (tertiary alicyclic amines) is 1. The third-order valence-corrected chi connectivity index (χ3v) is 5.90. The second-order valence-corrected chi connectivity index (χ2v) is 7.98. The molecular weight excluding hydrogens is 376 g/mol. The number of hydrogen-bond donors (Lipinski definition) is 2. The minimum Gasteiger partial charge on any atom is -0.508 e. The SMILES string of the molecule is CCNC(=NCc1cccc(O)c1)N1CC(CCN2CCCC2=O)c2ccccc21. The van der Waals surface area contributed by atoms with Crippen LogP contribution < -0.4 is 10.2 Å². The second-order valence-electron chi connectivity index (χ2n) is 7.98. The maximum absolute atomic E-state index is 12.0. The Bertz CT molecular complexity index is 927. The van der Waals surface area contributed by atoms with Crippen LogP contribution in [0.4, 0.5) is 5.69 Å². The Labute approximate surface area is 178 Å². The van der Waals surface area contributed by atoms with Crippen LogP contribution >= 0.6 is 0 Å². The number of aromatic hydroxyl groups is 1. The molecule has 0 spiro atoms. The van der Waals surface area contributed by atoms with Crippen molar-refractivity contribution in [3.05, 3.63) is 59.7 Å². The quantitative estimate of drug-likeness (QED) is 0.569. The zero-order chi connectivity index (χ0) is 20.9. The van der Waals surface area contributed by atoms with Crippen molar-refractivity contribution in [2.45, 2.75) is 38.6 Å². The van der Waals surface area contributed by atoms with E-state index in [1.165, 1.54) is 11.3 Å². The summed E-state index contributed by atoms with van der Waals surface area (Å²) >= 11 is 0. The molecule has 1 saturated heterocycles. The monoisotopic (exact) mass is 406 g/mol. The zero-order valence-corrected chi connectivity index (χ0v) is 17.6. The molecule has 0 aliphatic carbocycles. The number of nitrogens with zero attached hydrogens (tertiary/aromatic N) is 3. The third kappa shape index (κ3) is 4.42. The molecule has 2 aliphatic rings.